The van der Waals surface area contributed by atoms with Crippen LogP contribution >= 0.6 is 0 Å². The molecule has 0 saturated heterocycles. The first kappa shape index (κ1) is 17.0. The summed E-state index contributed by atoms with van der Waals surface area (Å²) in [6, 6.07) is 5.20. The smallest absolute Gasteiger partial charge is 0.325 e. The molecule has 0 aliphatic rings. The monoisotopic (exact) mass is 318 g/mol. The van der Waals surface area contributed by atoms with Gasteiger partial charge in [-0.1, -0.05) is 6.07 Å². The number of rotatable bonds is 4. The third-order valence-corrected chi connectivity index (χ3v) is 3.40. The maximum Gasteiger partial charge on any atom is 0.325 e. The number of aromatic nitrogens is 1. The van der Waals surface area contributed by atoms with Crippen LogP contribution in [0.4, 0.5) is 0 Å². The maximum absolute atomic E-state index is 13.0. The van der Waals surface area contributed by atoms with Crippen LogP contribution in [0.1, 0.15) is 43.9 Å². The van der Waals surface area contributed by atoms with E-state index in [9.17, 15) is 9.59 Å². The summed E-state index contributed by atoms with van der Waals surface area (Å²) in [7, 11) is 0. The van der Waals surface area contributed by atoms with E-state index < -0.39 is 11.5 Å². The Hall–Kier alpha value is -2.37. The molecule has 0 radical (unpaired) electrons. The van der Waals surface area contributed by atoms with Crippen LogP contribution in [-0.2, 0) is 9.53 Å². The number of carbonyl (C=O) groups excluding carboxylic acids is 2. The van der Waals surface area contributed by atoms with Crippen molar-refractivity contribution in [1.29, 1.82) is 0 Å². The van der Waals surface area contributed by atoms with Crippen LogP contribution in [-0.4, -0.2) is 40.5 Å². The minimum atomic E-state index is -0.537. The van der Waals surface area contributed by atoms with Crippen molar-refractivity contribution in [2.75, 3.05) is 13.2 Å². The van der Waals surface area contributed by atoms with E-state index in [1.54, 1.807) is 32.0 Å². The average Bonchev–Trinajstić information content (AvgIpc) is 2.83. The van der Waals surface area contributed by atoms with Crippen LogP contribution in [0.3, 0.4) is 0 Å². The lowest BCUT2D eigenvalue weighted by Crippen LogP contribution is -2.48. The number of oxazole rings is 1. The SMILES string of the molecule is CCOC(=O)CN(C(=O)c1cccc2oc(C)nc12)C(C)(C)C. The quantitative estimate of drug-likeness (QED) is 0.810. The number of benzene rings is 1. The molecule has 2 aromatic rings. The Kier molecular flexibility index (Phi) is 4.73. The molecule has 0 aliphatic carbocycles. The molecule has 1 aromatic carbocycles. The van der Waals surface area contributed by atoms with Gasteiger partial charge in [-0.15, -0.1) is 0 Å². The molecule has 1 heterocycles. The van der Waals surface area contributed by atoms with E-state index in [4.69, 9.17) is 9.15 Å². The van der Waals surface area contributed by atoms with Crippen LogP contribution < -0.4 is 0 Å². The van der Waals surface area contributed by atoms with Gasteiger partial charge in [0.15, 0.2) is 11.5 Å². The van der Waals surface area contributed by atoms with E-state index in [0.717, 1.165) is 0 Å². The van der Waals surface area contributed by atoms with Crippen LogP contribution in [0.2, 0.25) is 0 Å². The minimum absolute atomic E-state index is 0.108. The first-order valence-corrected chi connectivity index (χ1v) is 7.57. The van der Waals surface area contributed by atoms with Crippen molar-refractivity contribution in [2.45, 2.75) is 40.2 Å². The Bertz CT molecular complexity index is 728. The van der Waals surface area contributed by atoms with Crippen molar-refractivity contribution < 1.29 is 18.7 Å². The lowest BCUT2D eigenvalue weighted by atomic mass is 10.0. The molecular formula is C17H22N2O4. The first-order valence-electron chi connectivity index (χ1n) is 7.57. The molecule has 1 amide bonds. The van der Waals surface area contributed by atoms with Gasteiger partial charge >= 0.3 is 5.97 Å². The first-order chi connectivity index (χ1) is 10.7. The molecule has 0 saturated carbocycles. The number of ether oxygens (including phenoxy) is 1. The molecule has 0 atom stereocenters. The van der Waals surface area contributed by atoms with Crippen molar-refractivity contribution in [3.8, 4) is 0 Å². The zero-order valence-electron chi connectivity index (χ0n) is 14.2. The summed E-state index contributed by atoms with van der Waals surface area (Å²) in [5.74, 6) is -0.211. The normalized spacial score (nSPS) is 11.5. The lowest BCUT2D eigenvalue weighted by Gasteiger charge is -2.34. The highest BCUT2D eigenvalue weighted by Crippen LogP contribution is 2.24. The Morgan fingerprint density at radius 3 is 2.61 bits per heavy atom. The summed E-state index contributed by atoms with van der Waals surface area (Å²) in [6.45, 7) is 9.26. The van der Waals surface area contributed by atoms with E-state index in [-0.39, 0.29) is 19.1 Å². The molecule has 2 rings (SSSR count). The molecule has 6 nitrogen and oxygen atoms in total. The van der Waals surface area contributed by atoms with Gasteiger partial charge in [-0.05, 0) is 39.8 Å². The second-order valence-electron chi connectivity index (χ2n) is 6.25. The number of esters is 1. The molecule has 0 N–H and O–H groups in total. The molecule has 0 spiro atoms. The Morgan fingerprint density at radius 2 is 2.00 bits per heavy atom. The van der Waals surface area contributed by atoms with Crippen molar-refractivity contribution in [3.05, 3.63) is 29.7 Å². The van der Waals surface area contributed by atoms with Crippen molar-refractivity contribution in [3.63, 3.8) is 0 Å². The van der Waals surface area contributed by atoms with Crippen LogP contribution in [0.5, 0.6) is 0 Å². The predicted molar refractivity (Wildman–Crippen MR) is 86.2 cm³/mol. The third-order valence-electron chi connectivity index (χ3n) is 3.40. The summed E-state index contributed by atoms with van der Waals surface area (Å²) < 4.78 is 10.4. The van der Waals surface area contributed by atoms with Gasteiger partial charge in [0.1, 0.15) is 12.1 Å². The van der Waals surface area contributed by atoms with Gasteiger partial charge in [0, 0.05) is 12.5 Å². The molecule has 1 aromatic heterocycles. The number of amides is 1. The van der Waals surface area contributed by atoms with Crippen molar-refractivity contribution in [1.82, 2.24) is 9.88 Å². The standard InChI is InChI=1S/C17H22N2O4/c1-6-22-14(20)10-19(17(3,4)5)16(21)12-8-7-9-13-15(12)18-11(2)23-13/h7-9H,6,10H2,1-5H3. The summed E-state index contributed by atoms with van der Waals surface area (Å²) in [4.78, 5) is 30.6. The molecule has 0 unspecified atom stereocenters. The van der Waals surface area contributed by atoms with Gasteiger partial charge in [-0.2, -0.15) is 0 Å². The largest absolute Gasteiger partial charge is 0.465 e. The van der Waals surface area contributed by atoms with Gasteiger partial charge in [0.2, 0.25) is 0 Å². The number of aryl methyl sites for hydroxylation is 1. The predicted octanol–water partition coefficient (Wildman–Crippen LogP) is 2.94. The summed E-state index contributed by atoms with van der Waals surface area (Å²) in [5.41, 5.74) is 0.940. The van der Waals surface area contributed by atoms with Crippen molar-refractivity contribution >= 4 is 23.0 Å². The molecule has 0 aliphatic heterocycles. The Morgan fingerprint density at radius 1 is 1.30 bits per heavy atom. The highest BCUT2D eigenvalue weighted by atomic mass is 16.5. The Balaban J connectivity index is 2.41. The number of fused-ring (bicyclic) bond motifs is 1. The molecule has 6 heteroatoms. The van der Waals surface area contributed by atoms with Crippen LogP contribution in [0.25, 0.3) is 11.1 Å². The van der Waals surface area contributed by atoms with Gasteiger partial charge in [-0.25, -0.2) is 4.98 Å². The summed E-state index contributed by atoms with van der Waals surface area (Å²) in [6.07, 6.45) is 0. The zero-order valence-corrected chi connectivity index (χ0v) is 14.2. The Labute approximate surface area is 135 Å². The van der Waals surface area contributed by atoms with Crippen molar-refractivity contribution in [2.24, 2.45) is 0 Å². The second kappa shape index (κ2) is 6.40. The average molecular weight is 318 g/mol. The number of nitrogens with zero attached hydrogens (tertiary/aromatic N) is 2. The minimum Gasteiger partial charge on any atom is -0.465 e. The highest BCUT2D eigenvalue weighted by molar-refractivity contribution is 6.05. The number of para-hydroxylation sites is 1. The fourth-order valence-corrected chi connectivity index (χ4v) is 2.33. The van der Waals surface area contributed by atoms with E-state index in [2.05, 4.69) is 4.98 Å². The lowest BCUT2D eigenvalue weighted by molar-refractivity contribution is -0.144. The summed E-state index contributed by atoms with van der Waals surface area (Å²) >= 11 is 0. The number of carbonyl (C=O) groups is 2. The van der Waals surface area contributed by atoms with Crippen LogP contribution in [0, 0.1) is 6.92 Å². The molecular weight excluding hydrogens is 296 g/mol. The van der Waals surface area contributed by atoms with E-state index in [1.807, 2.05) is 20.8 Å². The summed E-state index contributed by atoms with van der Waals surface area (Å²) in [5, 5.41) is 0. The second-order valence-corrected chi connectivity index (χ2v) is 6.25. The van der Waals surface area contributed by atoms with E-state index in [1.165, 1.54) is 4.90 Å². The fourth-order valence-electron chi connectivity index (χ4n) is 2.33. The molecule has 0 bridgehead atoms. The molecule has 0 fully saturated rings. The zero-order chi connectivity index (χ0) is 17.2. The topological polar surface area (TPSA) is 72.6 Å². The van der Waals surface area contributed by atoms with Gasteiger partial charge in [-0.3, -0.25) is 9.59 Å². The van der Waals surface area contributed by atoms with Crippen LogP contribution in [0.15, 0.2) is 22.6 Å². The highest BCUT2D eigenvalue weighted by Gasteiger charge is 2.31. The van der Waals surface area contributed by atoms with E-state index >= 15 is 0 Å². The van der Waals surface area contributed by atoms with Gasteiger partial charge in [0.05, 0.1) is 12.2 Å². The third kappa shape index (κ3) is 3.70. The molecule has 23 heavy (non-hydrogen) atoms. The van der Waals surface area contributed by atoms with E-state index in [0.29, 0.717) is 22.6 Å². The fraction of sp³-hybridized carbons (Fsp3) is 0.471. The van der Waals surface area contributed by atoms with Gasteiger partial charge in [0.25, 0.3) is 5.91 Å². The van der Waals surface area contributed by atoms with Gasteiger partial charge < -0.3 is 14.1 Å². The molecule has 124 valence electrons. The number of hydrogen-bond donors (Lipinski definition) is 0. The maximum atomic E-state index is 13.0. The number of hydrogen-bond acceptors (Lipinski definition) is 5.